The van der Waals surface area contributed by atoms with Crippen LogP contribution in [0.4, 0.5) is 5.82 Å². The van der Waals surface area contributed by atoms with Gasteiger partial charge in [-0.2, -0.15) is 10.2 Å². The van der Waals surface area contributed by atoms with Crippen LogP contribution in [0.2, 0.25) is 0 Å². The molecule has 0 fully saturated rings. The highest BCUT2D eigenvalue weighted by Gasteiger charge is 2.35. The van der Waals surface area contributed by atoms with Gasteiger partial charge in [0.05, 0.1) is 11.4 Å². The largest absolute Gasteiger partial charge is 0.311 e. The van der Waals surface area contributed by atoms with Crippen LogP contribution in [0, 0.1) is 13.8 Å². The predicted octanol–water partition coefficient (Wildman–Crippen LogP) is 3.05. The molecule has 0 saturated carbocycles. The van der Waals surface area contributed by atoms with Crippen LogP contribution in [0.25, 0.3) is 0 Å². The van der Waals surface area contributed by atoms with E-state index in [1.54, 1.807) is 0 Å². The minimum absolute atomic E-state index is 0.0517. The highest BCUT2D eigenvalue weighted by Crippen LogP contribution is 2.41. The van der Waals surface area contributed by atoms with Crippen molar-refractivity contribution in [1.82, 2.24) is 19.6 Å². The van der Waals surface area contributed by atoms with Crippen LogP contribution in [0.1, 0.15) is 62.2 Å². The summed E-state index contributed by atoms with van der Waals surface area (Å²) in [6.45, 7) is 11.4. The molecule has 0 spiro atoms. The molecule has 3 heterocycles. The zero-order valence-electron chi connectivity index (χ0n) is 15.5. The summed E-state index contributed by atoms with van der Waals surface area (Å²) in [4.78, 5) is 12.2. The smallest absolute Gasteiger partial charge is 0.226 e. The molecule has 1 aliphatic rings. The van der Waals surface area contributed by atoms with E-state index in [-0.39, 0.29) is 17.2 Å². The summed E-state index contributed by atoms with van der Waals surface area (Å²) in [5, 5.41) is 12.2. The maximum absolute atomic E-state index is 12.2. The van der Waals surface area contributed by atoms with Gasteiger partial charge < -0.3 is 5.32 Å². The Morgan fingerprint density at radius 3 is 2.58 bits per heavy atom. The normalized spacial score (nSPS) is 17.8. The number of carbonyl (C=O) groups excluding carboxylic acids is 1. The molecular weight excluding hydrogens is 302 g/mol. The fraction of sp³-hybridized carbons (Fsp3) is 0.611. The molecule has 0 saturated heterocycles. The summed E-state index contributed by atoms with van der Waals surface area (Å²) in [6, 6.07) is 2.09. The van der Waals surface area contributed by atoms with Crippen molar-refractivity contribution in [2.24, 2.45) is 7.05 Å². The Morgan fingerprint density at radius 2 is 2.00 bits per heavy atom. The van der Waals surface area contributed by atoms with Crippen LogP contribution in [0.15, 0.2) is 6.07 Å². The van der Waals surface area contributed by atoms with Crippen molar-refractivity contribution in [1.29, 1.82) is 0 Å². The summed E-state index contributed by atoms with van der Waals surface area (Å²) in [5.41, 5.74) is 4.43. The second-order valence-corrected chi connectivity index (χ2v) is 7.87. The fourth-order valence-electron chi connectivity index (χ4n) is 3.56. The van der Waals surface area contributed by atoms with Gasteiger partial charge in [0, 0.05) is 36.7 Å². The van der Waals surface area contributed by atoms with E-state index >= 15 is 0 Å². The monoisotopic (exact) mass is 329 g/mol. The van der Waals surface area contributed by atoms with Gasteiger partial charge in [-0.05, 0) is 32.3 Å². The molecule has 1 N–H and O–H groups in total. The minimum atomic E-state index is -0.0517. The molecule has 130 valence electrons. The van der Waals surface area contributed by atoms with Crippen molar-refractivity contribution in [3.8, 4) is 0 Å². The number of nitrogens with one attached hydrogen (secondary N) is 1. The van der Waals surface area contributed by atoms with E-state index < -0.39 is 0 Å². The first-order valence-corrected chi connectivity index (χ1v) is 8.55. The fourth-order valence-corrected chi connectivity index (χ4v) is 3.56. The third kappa shape index (κ3) is 2.97. The van der Waals surface area contributed by atoms with Crippen molar-refractivity contribution in [2.75, 3.05) is 5.32 Å². The van der Waals surface area contributed by atoms with Crippen LogP contribution in [-0.4, -0.2) is 25.5 Å². The van der Waals surface area contributed by atoms with Gasteiger partial charge in [0.15, 0.2) is 0 Å². The van der Waals surface area contributed by atoms with Crippen LogP contribution >= 0.6 is 0 Å². The standard InChI is InChI=1S/C18H27N5O/c1-11-9-12(2)23(20-11)8-7-13-10-14(24)19-17-15(13)16(18(3,4)5)21-22(17)6/h9,13H,7-8,10H2,1-6H3,(H,19,24)/t13-/m1/s1. The van der Waals surface area contributed by atoms with Crippen LogP contribution in [-0.2, 0) is 23.8 Å². The summed E-state index contributed by atoms with van der Waals surface area (Å²) >= 11 is 0. The maximum Gasteiger partial charge on any atom is 0.226 e. The summed E-state index contributed by atoms with van der Waals surface area (Å²) < 4.78 is 3.85. The van der Waals surface area contributed by atoms with Crippen molar-refractivity contribution >= 4 is 11.7 Å². The first-order valence-electron chi connectivity index (χ1n) is 8.55. The zero-order chi connectivity index (χ0) is 17.6. The number of hydrogen-bond acceptors (Lipinski definition) is 3. The topological polar surface area (TPSA) is 64.7 Å². The second-order valence-electron chi connectivity index (χ2n) is 7.87. The van der Waals surface area contributed by atoms with Gasteiger partial charge >= 0.3 is 0 Å². The Bertz CT molecular complexity index is 778. The number of aryl methyl sites for hydroxylation is 4. The Hall–Kier alpha value is -2.11. The van der Waals surface area contributed by atoms with E-state index in [0.29, 0.717) is 6.42 Å². The van der Waals surface area contributed by atoms with Crippen molar-refractivity contribution in [3.63, 3.8) is 0 Å². The first kappa shape index (κ1) is 16.7. The molecule has 0 bridgehead atoms. The minimum Gasteiger partial charge on any atom is -0.311 e. The van der Waals surface area contributed by atoms with E-state index in [2.05, 4.69) is 44.2 Å². The number of aromatic nitrogens is 4. The highest BCUT2D eigenvalue weighted by molar-refractivity contribution is 5.94. The zero-order valence-corrected chi connectivity index (χ0v) is 15.5. The van der Waals surface area contributed by atoms with Gasteiger partial charge in [0.25, 0.3) is 0 Å². The average molecular weight is 329 g/mol. The van der Waals surface area contributed by atoms with E-state index in [1.807, 2.05) is 23.3 Å². The third-order valence-electron chi connectivity index (χ3n) is 4.68. The number of amides is 1. The molecule has 1 aliphatic heterocycles. The van der Waals surface area contributed by atoms with Crippen molar-refractivity contribution < 1.29 is 4.79 Å². The quantitative estimate of drug-likeness (QED) is 0.941. The number of nitrogens with zero attached hydrogens (tertiary/aromatic N) is 4. The highest BCUT2D eigenvalue weighted by atomic mass is 16.1. The van der Waals surface area contributed by atoms with E-state index in [9.17, 15) is 4.79 Å². The number of rotatable bonds is 3. The van der Waals surface area contributed by atoms with Crippen LogP contribution in [0.3, 0.4) is 0 Å². The predicted molar refractivity (Wildman–Crippen MR) is 94.2 cm³/mol. The molecule has 24 heavy (non-hydrogen) atoms. The Morgan fingerprint density at radius 1 is 1.29 bits per heavy atom. The Balaban J connectivity index is 1.93. The van der Waals surface area contributed by atoms with Gasteiger partial charge in [-0.3, -0.25) is 14.2 Å². The second kappa shape index (κ2) is 5.76. The Labute approximate surface area is 143 Å². The van der Waals surface area contributed by atoms with E-state index in [1.165, 1.54) is 5.56 Å². The maximum atomic E-state index is 12.2. The molecule has 0 aromatic carbocycles. The van der Waals surface area contributed by atoms with E-state index in [0.717, 1.165) is 35.9 Å². The number of carbonyl (C=O) groups is 1. The SMILES string of the molecule is Cc1cc(C)n(CC[C@@H]2CC(=O)Nc3c2c(C(C)(C)C)nn3C)n1. The van der Waals surface area contributed by atoms with Crippen molar-refractivity contribution in [3.05, 3.63) is 28.7 Å². The van der Waals surface area contributed by atoms with Gasteiger partial charge in [-0.1, -0.05) is 20.8 Å². The van der Waals surface area contributed by atoms with Crippen molar-refractivity contribution in [2.45, 2.75) is 65.3 Å². The molecule has 2 aromatic heterocycles. The van der Waals surface area contributed by atoms with Gasteiger partial charge in [0.2, 0.25) is 5.91 Å². The number of hydrogen-bond donors (Lipinski definition) is 1. The number of fused-ring (bicyclic) bond motifs is 1. The lowest BCUT2D eigenvalue weighted by Crippen LogP contribution is -2.26. The molecule has 0 radical (unpaired) electrons. The van der Waals surface area contributed by atoms with Gasteiger partial charge in [-0.15, -0.1) is 0 Å². The summed E-state index contributed by atoms with van der Waals surface area (Å²) in [6.07, 6.45) is 1.40. The van der Waals surface area contributed by atoms with E-state index in [4.69, 9.17) is 5.10 Å². The first-order chi connectivity index (χ1) is 11.2. The number of anilines is 1. The molecule has 0 unspecified atom stereocenters. The summed E-state index contributed by atoms with van der Waals surface area (Å²) in [5.74, 6) is 1.11. The average Bonchev–Trinajstić information content (AvgIpc) is 2.96. The molecule has 1 atom stereocenters. The molecule has 6 heteroatoms. The molecular formula is C18H27N5O. The van der Waals surface area contributed by atoms with Crippen LogP contribution < -0.4 is 5.32 Å². The van der Waals surface area contributed by atoms with Gasteiger partial charge in [-0.25, -0.2) is 0 Å². The Kier molecular flexibility index (Phi) is 4.01. The van der Waals surface area contributed by atoms with Crippen LogP contribution in [0.5, 0.6) is 0 Å². The van der Waals surface area contributed by atoms with Gasteiger partial charge in [0.1, 0.15) is 5.82 Å². The lowest BCUT2D eigenvalue weighted by molar-refractivity contribution is -0.117. The lowest BCUT2D eigenvalue weighted by Gasteiger charge is -2.27. The summed E-state index contributed by atoms with van der Waals surface area (Å²) in [7, 11) is 1.90. The molecule has 2 aromatic rings. The molecule has 1 amide bonds. The molecule has 0 aliphatic carbocycles. The third-order valence-corrected chi connectivity index (χ3v) is 4.68. The molecule has 6 nitrogen and oxygen atoms in total. The molecule has 3 rings (SSSR count). The lowest BCUT2D eigenvalue weighted by atomic mass is 9.81.